The zero-order chi connectivity index (χ0) is 11.5. The van der Waals surface area contributed by atoms with Gasteiger partial charge in [-0.15, -0.1) is 0 Å². The van der Waals surface area contributed by atoms with E-state index in [-0.39, 0.29) is 6.04 Å². The number of aromatic nitrogens is 2. The highest BCUT2D eigenvalue weighted by Crippen LogP contribution is 1.95. The Bertz CT molecular complexity index is 385. The fourth-order valence-electron chi connectivity index (χ4n) is 1.09. The first-order valence-electron chi connectivity index (χ1n) is 4.59. The number of rotatable bonds is 5. The smallest absolute Gasteiger partial charge is 0.271 e. The van der Waals surface area contributed by atoms with Crippen molar-refractivity contribution in [2.75, 3.05) is 14.1 Å². The van der Waals surface area contributed by atoms with Gasteiger partial charge in [-0.3, -0.25) is 4.68 Å². The van der Waals surface area contributed by atoms with E-state index in [2.05, 4.69) is 9.82 Å². The van der Waals surface area contributed by atoms with E-state index in [9.17, 15) is 8.42 Å². The van der Waals surface area contributed by atoms with Gasteiger partial charge in [0, 0.05) is 32.5 Å². The third-order valence-electron chi connectivity index (χ3n) is 1.85. The van der Waals surface area contributed by atoms with Gasteiger partial charge in [-0.2, -0.15) is 22.5 Å². The van der Waals surface area contributed by atoms with E-state index in [0.29, 0.717) is 6.54 Å². The molecule has 0 amide bonds. The second-order valence-electron chi connectivity index (χ2n) is 3.53. The minimum Gasteiger partial charge on any atom is -0.271 e. The van der Waals surface area contributed by atoms with Crippen LogP contribution in [0.25, 0.3) is 0 Å². The molecule has 1 aromatic heterocycles. The Morgan fingerprint density at radius 3 is 2.67 bits per heavy atom. The van der Waals surface area contributed by atoms with Gasteiger partial charge in [0.15, 0.2) is 0 Å². The average molecular weight is 232 g/mol. The van der Waals surface area contributed by atoms with Crippen LogP contribution in [0.5, 0.6) is 0 Å². The van der Waals surface area contributed by atoms with Gasteiger partial charge in [0.2, 0.25) is 0 Å². The molecule has 0 aliphatic rings. The number of hydrogen-bond donors (Lipinski definition) is 1. The molecule has 0 aliphatic heterocycles. The van der Waals surface area contributed by atoms with Gasteiger partial charge in [-0.25, -0.2) is 0 Å². The van der Waals surface area contributed by atoms with Gasteiger partial charge >= 0.3 is 0 Å². The Morgan fingerprint density at radius 1 is 1.53 bits per heavy atom. The lowest BCUT2D eigenvalue weighted by Crippen LogP contribution is -2.42. The normalized spacial score (nSPS) is 14.4. The van der Waals surface area contributed by atoms with Crippen molar-refractivity contribution in [3.8, 4) is 0 Å². The molecule has 0 saturated carbocycles. The molecular formula is C8H16N4O2S. The van der Waals surface area contributed by atoms with Crippen LogP contribution in [0.1, 0.15) is 6.92 Å². The van der Waals surface area contributed by atoms with Crippen LogP contribution in [0, 0.1) is 0 Å². The molecular weight excluding hydrogens is 216 g/mol. The molecule has 0 aliphatic carbocycles. The van der Waals surface area contributed by atoms with Crippen molar-refractivity contribution in [2.45, 2.75) is 19.5 Å². The summed E-state index contributed by atoms with van der Waals surface area (Å²) < 4.78 is 28.3. The van der Waals surface area contributed by atoms with Crippen LogP contribution in [0.4, 0.5) is 0 Å². The summed E-state index contributed by atoms with van der Waals surface area (Å²) in [5.74, 6) is 0. The van der Waals surface area contributed by atoms with Crippen LogP contribution in [0.3, 0.4) is 0 Å². The van der Waals surface area contributed by atoms with E-state index in [1.165, 1.54) is 14.1 Å². The fraction of sp³-hybridized carbons (Fsp3) is 0.625. The summed E-state index contributed by atoms with van der Waals surface area (Å²) in [5.41, 5.74) is 0. The van der Waals surface area contributed by atoms with Crippen molar-refractivity contribution in [2.24, 2.45) is 0 Å². The summed E-state index contributed by atoms with van der Waals surface area (Å²) in [6.07, 6.45) is 3.45. The molecule has 1 aromatic rings. The van der Waals surface area contributed by atoms with Crippen molar-refractivity contribution < 1.29 is 8.42 Å². The Hall–Kier alpha value is -0.920. The van der Waals surface area contributed by atoms with Crippen LogP contribution in [0.2, 0.25) is 0 Å². The first-order valence-corrected chi connectivity index (χ1v) is 6.03. The highest BCUT2D eigenvalue weighted by Gasteiger charge is 2.16. The molecule has 0 aromatic carbocycles. The van der Waals surface area contributed by atoms with Crippen LogP contribution >= 0.6 is 0 Å². The quantitative estimate of drug-likeness (QED) is 0.755. The fourth-order valence-corrected chi connectivity index (χ4v) is 1.88. The standard InChI is InChI=1S/C8H16N4O2S/c1-8(7-12-6-4-5-9-12)10-15(13,14)11(2)3/h4-6,8,10H,7H2,1-3H3/t8-/m0/s1. The Labute approximate surface area is 90.1 Å². The highest BCUT2D eigenvalue weighted by molar-refractivity contribution is 7.87. The summed E-state index contributed by atoms with van der Waals surface area (Å²) in [5, 5.41) is 4.00. The van der Waals surface area contributed by atoms with E-state index in [4.69, 9.17) is 0 Å². The topological polar surface area (TPSA) is 67.2 Å². The van der Waals surface area contributed by atoms with E-state index in [1.54, 1.807) is 30.1 Å². The lowest BCUT2D eigenvalue weighted by molar-refractivity contribution is 0.461. The summed E-state index contributed by atoms with van der Waals surface area (Å²) in [7, 11) is -0.380. The predicted molar refractivity (Wildman–Crippen MR) is 57.4 cm³/mol. The highest BCUT2D eigenvalue weighted by atomic mass is 32.2. The largest absolute Gasteiger partial charge is 0.279 e. The SMILES string of the molecule is C[C@@H](Cn1cccn1)NS(=O)(=O)N(C)C. The van der Waals surface area contributed by atoms with Gasteiger partial charge in [0.1, 0.15) is 0 Å². The van der Waals surface area contributed by atoms with Gasteiger partial charge in [-0.1, -0.05) is 0 Å². The summed E-state index contributed by atoms with van der Waals surface area (Å²) >= 11 is 0. The third-order valence-corrected chi connectivity index (χ3v) is 3.51. The maximum atomic E-state index is 11.5. The first kappa shape index (κ1) is 12.2. The minimum absolute atomic E-state index is 0.197. The van der Waals surface area contributed by atoms with Crippen molar-refractivity contribution in [3.05, 3.63) is 18.5 Å². The second kappa shape index (κ2) is 4.73. The molecule has 1 heterocycles. The predicted octanol–water partition coefficient (Wildman–Crippen LogP) is -0.332. The van der Waals surface area contributed by atoms with E-state index >= 15 is 0 Å². The number of nitrogens with one attached hydrogen (secondary N) is 1. The molecule has 7 heteroatoms. The average Bonchev–Trinajstić information content (AvgIpc) is 2.54. The zero-order valence-corrected chi connectivity index (χ0v) is 9.90. The molecule has 0 bridgehead atoms. The Balaban J connectivity index is 2.53. The maximum absolute atomic E-state index is 11.5. The molecule has 6 nitrogen and oxygen atoms in total. The van der Waals surface area contributed by atoms with Crippen molar-refractivity contribution >= 4 is 10.2 Å². The molecule has 0 radical (unpaired) electrons. The van der Waals surface area contributed by atoms with E-state index in [1.807, 2.05) is 0 Å². The molecule has 1 N–H and O–H groups in total. The van der Waals surface area contributed by atoms with Crippen LogP contribution in [-0.4, -0.2) is 42.6 Å². The third kappa shape index (κ3) is 3.61. The maximum Gasteiger partial charge on any atom is 0.279 e. The molecule has 1 atom stereocenters. The molecule has 15 heavy (non-hydrogen) atoms. The summed E-state index contributed by atoms with van der Waals surface area (Å²) in [6.45, 7) is 2.31. The zero-order valence-electron chi connectivity index (χ0n) is 9.08. The lowest BCUT2D eigenvalue weighted by atomic mass is 10.4. The molecule has 0 saturated heterocycles. The molecule has 86 valence electrons. The Morgan fingerprint density at radius 2 is 2.20 bits per heavy atom. The molecule has 0 unspecified atom stereocenters. The van der Waals surface area contributed by atoms with Crippen molar-refractivity contribution in [1.82, 2.24) is 18.8 Å². The van der Waals surface area contributed by atoms with Crippen molar-refractivity contribution in [1.29, 1.82) is 0 Å². The number of nitrogens with zero attached hydrogens (tertiary/aromatic N) is 3. The lowest BCUT2D eigenvalue weighted by Gasteiger charge is -2.17. The van der Waals surface area contributed by atoms with Crippen LogP contribution < -0.4 is 4.72 Å². The monoisotopic (exact) mass is 232 g/mol. The van der Waals surface area contributed by atoms with Crippen LogP contribution in [0.15, 0.2) is 18.5 Å². The minimum atomic E-state index is -3.36. The van der Waals surface area contributed by atoms with Crippen LogP contribution in [-0.2, 0) is 16.8 Å². The van der Waals surface area contributed by atoms with Gasteiger partial charge in [0.25, 0.3) is 10.2 Å². The summed E-state index contributed by atoms with van der Waals surface area (Å²) in [4.78, 5) is 0. The summed E-state index contributed by atoms with van der Waals surface area (Å²) in [6, 6.07) is 1.60. The first-order chi connectivity index (χ1) is 6.92. The van der Waals surface area contributed by atoms with E-state index < -0.39 is 10.2 Å². The van der Waals surface area contributed by atoms with Gasteiger partial charge in [-0.05, 0) is 13.0 Å². The van der Waals surface area contributed by atoms with Gasteiger partial charge < -0.3 is 0 Å². The van der Waals surface area contributed by atoms with Crippen molar-refractivity contribution in [3.63, 3.8) is 0 Å². The van der Waals surface area contributed by atoms with Gasteiger partial charge in [0.05, 0.1) is 6.54 Å². The molecule has 1 rings (SSSR count). The number of hydrogen-bond acceptors (Lipinski definition) is 3. The van der Waals surface area contributed by atoms with E-state index in [0.717, 1.165) is 4.31 Å². The Kier molecular flexibility index (Phi) is 3.83. The molecule has 0 spiro atoms. The molecule has 0 fully saturated rings. The second-order valence-corrected chi connectivity index (χ2v) is 5.45.